The third-order valence-electron chi connectivity index (χ3n) is 4.72. The van der Waals surface area contributed by atoms with Gasteiger partial charge in [-0.2, -0.15) is 9.56 Å². The highest BCUT2D eigenvalue weighted by molar-refractivity contribution is 7.21. The average Bonchev–Trinajstić information content (AvgIpc) is 2.99. The third-order valence-corrected chi connectivity index (χ3v) is 5.93. The van der Waals surface area contributed by atoms with Crippen molar-refractivity contribution in [2.24, 2.45) is 4.99 Å². The zero-order valence-electron chi connectivity index (χ0n) is 14.2. The van der Waals surface area contributed by atoms with Crippen molar-refractivity contribution in [3.8, 4) is 0 Å². The van der Waals surface area contributed by atoms with Gasteiger partial charge >= 0.3 is 11.0 Å². The summed E-state index contributed by atoms with van der Waals surface area (Å²) >= 11 is 1.58. The van der Waals surface area contributed by atoms with Gasteiger partial charge in [-0.05, 0) is 44.2 Å². The average molecular weight is 344 g/mol. The molecule has 3 heterocycles. The van der Waals surface area contributed by atoms with Gasteiger partial charge in [-0.3, -0.25) is 0 Å². The maximum atomic E-state index is 12.4. The van der Waals surface area contributed by atoms with Crippen LogP contribution in [0.2, 0.25) is 0 Å². The van der Waals surface area contributed by atoms with Crippen LogP contribution in [0.25, 0.3) is 10.2 Å². The zero-order valence-corrected chi connectivity index (χ0v) is 15.1. The lowest BCUT2D eigenvalue weighted by atomic mass is 10.1. The summed E-state index contributed by atoms with van der Waals surface area (Å²) in [6, 6.07) is 7.82. The summed E-state index contributed by atoms with van der Waals surface area (Å²) in [6.45, 7) is 7.90. The maximum Gasteiger partial charge on any atom is 0.389 e. The molecular formula is C17H20N4O2S. The molecule has 126 valence electrons. The number of amidine groups is 1. The first-order valence-electron chi connectivity index (χ1n) is 8.13. The number of rotatable bonds is 3. The monoisotopic (exact) mass is 344 g/mol. The molecule has 1 aromatic carbocycles. The molecule has 7 heteroatoms. The molecule has 4 rings (SSSR count). The van der Waals surface area contributed by atoms with Gasteiger partial charge < -0.3 is 14.7 Å². The third kappa shape index (κ3) is 1.76. The van der Waals surface area contributed by atoms with E-state index in [4.69, 9.17) is 4.74 Å². The molecule has 0 radical (unpaired) electrons. The van der Waals surface area contributed by atoms with Crippen molar-refractivity contribution in [2.45, 2.75) is 26.6 Å². The molecule has 1 aromatic heterocycles. The minimum Gasteiger partial charge on any atom is -0.827 e. The second-order valence-electron chi connectivity index (χ2n) is 5.95. The molecule has 1 unspecified atom stereocenters. The fourth-order valence-corrected chi connectivity index (χ4v) is 4.47. The molecule has 1 spiro atoms. The predicted molar refractivity (Wildman–Crippen MR) is 92.5 cm³/mol. The number of nitrogens with zero attached hydrogens (tertiary/aromatic N) is 4. The summed E-state index contributed by atoms with van der Waals surface area (Å²) in [7, 11) is 1.75. The Bertz CT molecular complexity index is 884. The van der Waals surface area contributed by atoms with E-state index in [1.807, 2.05) is 29.7 Å². The molecule has 2 aromatic rings. The van der Waals surface area contributed by atoms with Crippen molar-refractivity contribution in [2.75, 3.05) is 25.0 Å². The molecule has 2 aliphatic heterocycles. The van der Waals surface area contributed by atoms with Gasteiger partial charge in [-0.1, -0.05) is 12.1 Å². The smallest absolute Gasteiger partial charge is 0.389 e. The predicted octanol–water partition coefficient (Wildman–Crippen LogP) is 1.57. The fourth-order valence-electron chi connectivity index (χ4n) is 3.34. The summed E-state index contributed by atoms with van der Waals surface area (Å²) in [6.07, 6.45) is 0. The molecule has 0 bridgehead atoms. The van der Waals surface area contributed by atoms with E-state index in [9.17, 15) is 5.11 Å². The van der Waals surface area contributed by atoms with Crippen molar-refractivity contribution in [1.82, 2.24) is 4.90 Å². The van der Waals surface area contributed by atoms with Gasteiger partial charge in [0.05, 0.1) is 11.7 Å². The fraction of sp³-hybridized carbons (Fsp3) is 0.412. The molecular weight excluding hydrogens is 324 g/mol. The Morgan fingerprint density at radius 3 is 2.71 bits per heavy atom. The summed E-state index contributed by atoms with van der Waals surface area (Å²) in [5, 5.41) is 13.3. The highest BCUT2D eigenvalue weighted by atomic mass is 32.1. The molecule has 0 N–H and O–H groups in total. The summed E-state index contributed by atoms with van der Waals surface area (Å²) in [4.78, 5) is 8.13. The number of aromatic nitrogens is 1. The minimum atomic E-state index is -1.05. The van der Waals surface area contributed by atoms with Crippen LogP contribution in [0, 0.1) is 0 Å². The second-order valence-corrected chi connectivity index (χ2v) is 6.96. The van der Waals surface area contributed by atoms with Gasteiger partial charge in [0.25, 0.3) is 0 Å². The van der Waals surface area contributed by atoms with E-state index in [1.165, 1.54) is 0 Å². The quantitative estimate of drug-likeness (QED) is 0.793. The van der Waals surface area contributed by atoms with Crippen LogP contribution >= 0.6 is 11.3 Å². The van der Waals surface area contributed by atoms with Gasteiger partial charge in [0.1, 0.15) is 5.57 Å². The number of para-hydroxylation sites is 1. The van der Waals surface area contributed by atoms with E-state index in [-0.39, 0.29) is 6.02 Å². The van der Waals surface area contributed by atoms with Crippen LogP contribution in [-0.4, -0.2) is 31.1 Å². The number of benzene rings is 1. The van der Waals surface area contributed by atoms with Crippen molar-refractivity contribution in [3.05, 3.63) is 35.7 Å². The van der Waals surface area contributed by atoms with Crippen LogP contribution in [0.4, 0.5) is 5.13 Å². The zero-order chi connectivity index (χ0) is 17.1. The number of hydrogen-bond acceptors (Lipinski definition) is 6. The highest BCUT2D eigenvalue weighted by Gasteiger charge is 2.58. The second kappa shape index (κ2) is 5.11. The van der Waals surface area contributed by atoms with E-state index in [0.29, 0.717) is 0 Å². The number of hydrogen-bond donors (Lipinski definition) is 0. The van der Waals surface area contributed by atoms with Gasteiger partial charge in [0.2, 0.25) is 5.88 Å². The summed E-state index contributed by atoms with van der Waals surface area (Å²) < 4.78 is 9.34. The first-order valence-corrected chi connectivity index (χ1v) is 8.95. The molecule has 0 aliphatic carbocycles. The van der Waals surface area contributed by atoms with Gasteiger partial charge in [0.15, 0.2) is 11.5 Å². The van der Waals surface area contributed by atoms with Crippen LogP contribution in [0.15, 0.2) is 40.7 Å². The molecule has 1 atom stereocenters. The first-order chi connectivity index (χ1) is 11.5. The largest absolute Gasteiger partial charge is 0.827 e. The Labute approximate surface area is 144 Å². The van der Waals surface area contributed by atoms with Gasteiger partial charge in [-0.25, -0.2) is 4.90 Å². The number of anilines is 1. The molecule has 0 amide bonds. The Hall–Kier alpha value is -2.28. The lowest BCUT2D eigenvalue weighted by Crippen LogP contribution is -2.69. The first kappa shape index (κ1) is 15.3. The SMILES string of the molecule is CCN(CC)C1=C(C)C2(N=C([O-])N(C)c3sc4ccccc4[n+]32)O1. The Balaban J connectivity index is 1.96. The molecule has 6 nitrogen and oxygen atoms in total. The van der Waals surface area contributed by atoms with Crippen LogP contribution in [0.3, 0.4) is 0 Å². The van der Waals surface area contributed by atoms with E-state index < -0.39 is 5.85 Å². The van der Waals surface area contributed by atoms with Crippen molar-refractivity contribution in [3.63, 3.8) is 0 Å². The van der Waals surface area contributed by atoms with Crippen LogP contribution < -0.4 is 14.6 Å². The lowest BCUT2D eigenvalue weighted by molar-refractivity contribution is -0.773. The topological polar surface area (TPSA) is 55.0 Å². The number of fused-ring (bicyclic) bond motifs is 4. The van der Waals surface area contributed by atoms with Crippen molar-refractivity contribution in [1.29, 1.82) is 0 Å². The number of thiazole rings is 1. The minimum absolute atomic E-state index is 0.278. The molecule has 0 fully saturated rings. The Morgan fingerprint density at radius 1 is 1.33 bits per heavy atom. The van der Waals surface area contributed by atoms with E-state index >= 15 is 0 Å². The maximum absolute atomic E-state index is 12.4. The lowest BCUT2D eigenvalue weighted by Gasteiger charge is -2.45. The van der Waals surface area contributed by atoms with E-state index in [1.54, 1.807) is 23.3 Å². The standard InChI is InChI=1S/C17H20N4O2S/c1-5-20(6-2)14-11(3)17(23-14)18-15(22)19(4)16-21(17)12-9-7-8-10-13(12)24-16/h7-10H,5-6H2,1-4H3. The number of ether oxygens (including phenoxy) is 1. The van der Waals surface area contributed by atoms with Crippen LogP contribution in [-0.2, 0) is 10.6 Å². The molecule has 2 aliphatic rings. The molecule has 0 saturated carbocycles. The molecule has 0 saturated heterocycles. The van der Waals surface area contributed by atoms with Crippen LogP contribution in [0.5, 0.6) is 0 Å². The van der Waals surface area contributed by atoms with Gasteiger partial charge in [0, 0.05) is 13.1 Å². The summed E-state index contributed by atoms with van der Waals surface area (Å²) in [5.74, 6) is -0.217. The van der Waals surface area contributed by atoms with Crippen LogP contribution in [0.1, 0.15) is 20.8 Å². The van der Waals surface area contributed by atoms with Crippen molar-refractivity contribution >= 4 is 32.7 Å². The van der Waals surface area contributed by atoms with E-state index in [2.05, 4.69) is 29.8 Å². The molecule has 24 heavy (non-hydrogen) atoms. The summed E-state index contributed by atoms with van der Waals surface area (Å²) in [5.41, 5.74) is 2.00. The normalized spacial score (nSPS) is 22.3. The Kier molecular flexibility index (Phi) is 3.25. The Morgan fingerprint density at radius 2 is 2.04 bits per heavy atom. The van der Waals surface area contributed by atoms with Gasteiger partial charge in [-0.15, -0.1) is 0 Å². The van der Waals surface area contributed by atoms with E-state index in [0.717, 1.165) is 39.9 Å². The highest BCUT2D eigenvalue weighted by Crippen LogP contribution is 2.45. The van der Waals surface area contributed by atoms with Crippen molar-refractivity contribution < 1.29 is 14.4 Å². The number of aliphatic imine (C=N–C) groups is 1.